The van der Waals surface area contributed by atoms with Crippen LogP contribution in [0.5, 0.6) is 0 Å². The summed E-state index contributed by atoms with van der Waals surface area (Å²) in [6.07, 6.45) is 3.12. The molecule has 138 valence electrons. The SMILES string of the molecule is CC(C)c1ccc(-c2csc(NC(=O)/C=C\c3cccs3)c2C(=O)O)cc1. The van der Waals surface area contributed by atoms with Crippen LogP contribution in [0, 0.1) is 0 Å². The minimum Gasteiger partial charge on any atom is -0.478 e. The van der Waals surface area contributed by atoms with Crippen LogP contribution >= 0.6 is 22.7 Å². The molecular formula is C21H19NO3S2. The van der Waals surface area contributed by atoms with E-state index >= 15 is 0 Å². The highest BCUT2D eigenvalue weighted by molar-refractivity contribution is 7.15. The first-order valence-corrected chi connectivity index (χ1v) is 10.2. The molecule has 0 aliphatic rings. The Hall–Kier alpha value is -2.70. The van der Waals surface area contributed by atoms with E-state index in [0.717, 1.165) is 10.4 Å². The van der Waals surface area contributed by atoms with E-state index in [9.17, 15) is 14.7 Å². The second kappa shape index (κ2) is 8.33. The fraction of sp³-hybridized carbons (Fsp3) is 0.143. The molecule has 0 aliphatic heterocycles. The maximum absolute atomic E-state index is 12.2. The smallest absolute Gasteiger partial charge is 0.339 e. The summed E-state index contributed by atoms with van der Waals surface area (Å²) in [5.41, 5.74) is 2.75. The number of carbonyl (C=O) groups excluding carboxylic acids is 1. The molecule has 0 bridgehead atoms. The molecule has 3 rings (SSSR count). The van der Waals surface area contributed by atoms with Crippen LogP contribution in [0.4, 0.5) is 5.00 Å². The van der Waals surface area contributed by atoms with E-state index in [1.54, 1.807) is 11.5 Å². The van der Waals surface area contributed by atoms with Crippen LogP contribution in [0.1, 0.15) is 40.6 Å². The molecule has 4 nitrogen and oxygen atoms in total. The number of hydrogen-bond donors (Lipinski definition) is 2. The van der Waals surface area contributed by atoms with Crippen molar-refractivity contribution >= 4 is 45.6 Å². The van der Waals surface area contributed by atoms with Crippen molar-refractivity contribution in [3.8, 4) is 11.1 Å². The van der Waals surface area contributed by atoms with Crippen molar-refractivity contribution in [2.45, 2.75) is 19.8 Å². The van der Waals surface area contributed by atoms with Gasteiger partial charge in [0.05, 0.1) is 0 Å². The summed E-state index contributed by atoms with van der Waals surface area (Å²) in [5, 5.41) is 16.4. The highest BCUT2D eigenvalue weighted by atomic mass is 32.1. The second-order valence-electron chi connectivity index (χ2n) is 6.27. The first kappa shape index (κ1) is 19.1. The summed E-state index contributed by atoms with van der Waals surface area (Å²) in [6, 6.07) is 11.7. The lowest BCUT2D eigenvalue weighted by Crippen LogP contribution is -2.10. The largest absolute Gasteiger partial charge is 0.478 e. The number of rotatable bonds is 6. The predicted octanol–water partition coefficient (Wildman–Crippen LogP) is 5.95. The number of anilines is 1. The van der Waals surface area contributed by atoms with Crippen LogP contribution in [0.3, 0.4) is 0 Å². The van der Waals surface area contributed by atoms with E-state index in [2.05, 4.69) is 19.2 Å². The average molecular weight is 398 g/mol. The van der Waals surface area contributed by atoms with Gasteiger partial charge in [-0.05, 0) is 34.6 Å². The fourth-order valence-corrected chi connectivity index (χ4v) is 4.20. The highest BCUT2D eigenvalue weighted by Crippen LogP contribution is 2.36. The lowest BCUT2D eigenvalue weighted by molar-refractivity contribution is -0.111. The van der Waals surface area contributed by atoms with Crippen molar-refractivity contribution in [3.63, 3.8) is 0 Å². The number of hydrogen-bond acceptors (Lipinski definition) is 4. The molecule has 3 aromatic rings. The van der Waals surface area contributed by atoms with Crippen LogP contribution in [0.25, 0.3) is 17.2 Å². The maximum atomic E-state index is 12.2. The molecule has 2 aromatic heterocycles. The lowest BCUT2D eigenvalue weighted by Gasteiger charge is -2.07. The molecular weight excluding hydrogens is 378 g/mol. The summed E-state index contributed by atoms with van der Waals surface area (Å²) in [6.45, 7) is 4.22. The van der Waals surface area contributed by atoms with Gasteiger partial charge in [0.2, 0.25) is 5.91 Å². The van der Waals surface area contributed by atoms with Gasteiger partial charge in [0.1, 0.15) is 10.6 Å². The highest BCUT2D eigenvalue weighted by Gasteiger charge is 2.20. The van der Waals surface area contributed by atoms with E-state index in [1.807, 2.05) is 41.8 Å². The number of thiophene rings is 2. The van der Waals surface area contributed by atoms with Crippen molar-refractivity contribution in [2.24, 2.45) is 0 Å². The minimum absolute atomic E-state index is 0.121. The van der Waals surface area contributed by atoms with Crippen LogP contribution < -0.4 is 5.32 Å². The number of carboxylic acid groups (broad SMARTS) is 1. The summed E-state index contributed by atoms with van der Waals surface area (Å²) < 4.78 is 0. The molecule has 2 N–H and O–H groups in total. The number of carboxylic acids is 1. The third-order valence-corrected chi connectivity index (χ3v) is 5.81. The van der Waals surface area contributed by atoms with Gasteiger partial charge in [-0.2, -0.15) is 0 Å². The monoisotopic (exact) mass is 397 g/mol. The van der Waals surface area contributed by atoms with Crippen LogP contribution in [0.15, 0.2) is 53.2 Å². The van der Waals surface area contributed by atoms with Crippen molar-refractivity contribution in [2.75, 3.05) is 5.32 Å². The average Bonchev–Trinajstić information content (AvgIpc) is 3.29. The Morgan fingerprint density at radius 2 is 1.85 bits per heavy atom. The Labute approximate surface area is 165 Å². The van der Waals surface area contributed by atoms with Crippen molar-refractivity contribution in [1.29, 1.82) is 0 Å². The third kappa shape index (κ3) is 4.53. The third-order valence-electron chi connectivity index (χ3n) is 4.07. The molecule has 2 heterocycles. The zero-order chi connectivity index (χ0) is 19.4. The zero-order valence-electron chi connectivity index (χ0n) is 14.9. The van der Waals surface area contributed by atoms with E-state index in [4.69, 9.17) is 0 Å². The van der Waals surface area contributed by atoms with Crippen LogP contribution in [0.2, 0.25) is 0 Å². The van der Waals surface area contributed by atoms with Gasteiger partial charge >= 0.3 is 5.97 Å². The Kier molecular flexibility index (Phi) is 5.88. The molecule has 27 heavy (non-hydrogen) atoms. The standard InChI is InChI=1S/C21H19NO3S2/c1-13(2)14-5-7-15(8-6-14)17-12-27-20(19(17)21(24)25)22-18(23)10-9-16-4-3-11-26-16/h3-13H,1-2H3,(H,22,23)(H,24,25)/b10-9-. The molecule has 0 atom stereocenters. The number of amides is 1. The molecule has 0 fully saturated rings. The first-order chi connectivity index (χ1) is 13.0. The van der Waals surface area contributed by atoms with Gasteiger partial charge in [-0.15, -0.1) is 22.7 Å². The number of nitrogens with one attached hydrogen (secondary N) is 1. The molecule has 0 radical (unpaired) electrons. The molecule has 0 unspecified atom stereocenters. The Morgan fingerprint density at radius 3 is 2.44 bits per heavy atom. The van der Waals surface area contributed by atoms with Crippen molar-refractivity contribution < 1.29 is 14.7 Å². The normalized spacial score (nSPS) is 11.2. The first-order valence-electron chi connectivity index (χ1n) is 8.43. The quantitative estimate of drug-likeness (QED) is 0.505. The summed E-state index contributed by atoms with van der Waals surface area (Å²) >= 11 is 2.74. The van der Waals surface area contributed by atoms with Crippen molar-refractivity contribution in [3.05, 3.63) is 69.2 Å². The van der Waals surface area contributed by atoms with E-state index < -0.39 is 5.97 Å². The van der Waals surface area contributed by atoms with E-state index in [1.165, 1.54) is 34.3 Å². The maximum Gasteiger partial charge on any atom is 0.339 e. The summed E-state index contributed by atoms with van der Waals surface area (Å²) in [4.78, 5) is 24.9. The van der Waals surface area contributed by atoms with E-state index in [0.29, 0.717) is 16.5 Å². The molecule has 1 aromatic carbocycles. The molecule has 1 amide bonds. The fourth-order valence-electron chi connectivity index (χ4n) is 2.62. The van der Waals surface area contributed by atoms with Crippen LogP contribution in [-0.2, 0) is 4.79 Å². The second-order valence-corrected chi connectivity index (χ2v) is 8.13. The Morgan fingerprint density at radius 1 is 1.11 bits per heavy atom. The van der Waals surface area contributed by atoms with Gasteiger partial charge < -0.3 is 10.4 Å². The Balaban J connectivity index is 1.85. The number of aromatic carboxylic acids is 1. The summed E-state index contributed by atoms with van der Waals surface area (Å²) in [5.74, 6) is -1.00. The summed E-state index contributed by atoms with van der Waals surface area (Å²) in [7, 11) is 0. The predicted molar refractivity (Wildman–Crippen MR) is 113 cm³/mol. The van der Waals surface area contributed by atoms with Gasteiger partial charge in [-0.25, -0.2) is 4.79 Å². The molecule has 6 heteroatoms. The van der Waals surface area contributed by atoms with Gasteiger partial charge in [-0.3, -0.25) is 4.79 Å². The minimum atomic E-state index is -1.06. The molecule has 0 aliphatic carbocycles. The van der Waals surface area contributed by atoms with Gasteiger partial charge in [0.15, 0.2) is 0 Å². The molecule has 0 spiro atoms. The van der Waals surface area contributed by atoms with Gasteiger partial charge in [0, 0.05) is 21.9 Å². The van der Waals surface area contributed by atoms with Crippen LogP contribution in [-0.4, -0.2) is 17.0 Å². The van der Waals surface area contributed by atoms with Gasteiger partial charge in [0.25, 0.3) is 0 Å². The van der Waals surface area contributed by atoms with Gasteiger partial charge in [-0.1, -0.05) is 44.2 Å². The topological polar surface area (TPSA) is 66.4 Å². The zero-order valence-corrected chi connectivity index (χ0v) is 16.6. The molecule has 0 saturated carbocycles. The number of benzene rings is 1. The Bertz CT molecular complexity index is 968. The van der Waals surface area contributed by atoms with E-state index in [-0.39, 0.29) is 11.5 Å². The number of carbonyl (C=O) groups is 2. The molecule has 0 saturated heterocycles. The lowest BCUT2D eigenvalue weighted by atomic mass is 9.98. The van der Waals surface area contributed by atoms with Crippen molar-refractivity contribution in [1.82, 2.24) is 0 Å².